The first kappa shape index (κ1) is 24.1. The third kappa shape index (κ3) is 5.54. The van der Waals surface area contributed by atoms with Crippen molar-refractivity contribution in [2.24, 2.45) is 0 Å². The molecule has 2 heterocycles. The quantitative estimate of drug-likeness (QED) is 0.242. The summed E-state index contributed by atoms with van der Waals surface area (Å²) >= 11 is 3.70. The second-order valence-electron chi connectivity index (χ2n) is 9.31. The highest BCUT2D eigenvalue weighted by Gasteiger charge is 2.14. The Balaban J connectivity index is 1.08. The molecule has 6 nitrogen and oxygen atoms in total. The van der Waals surface area contributed by atoms with Crippen LogP contribution in [0, 0.1) is 0 Å². The van der Waals surface area contributed by atoms with Gasteiger partial charge in [-0.2, -0.15) is 0 Å². The summed E-state index contributed by atoms with van der Waals surface area (Å²) in [6, 6.07) is 23.3. The zero-order valence-electron chi connectivity index (χ0n) is 20.5. The van der Waals surface area contributed by atoms with E-state index in [0.717, 1.165) is 66.5 Å². The lowest BCUT2D eigenvalue weighted by Gasteiger charge is -2.14. The summed E-state index contributed by atoms with van der Waals surface area (Å²) in [5, 5.41) is 9.84. The molecular formula is C30H29BrN2O4. The van der Waals surface area contributed by atoms with Crippen molar-refractivity contribution in [1.29, 1.82) is 0 Å². The van der Waals surface area contributed by atoms with Crippen LogP contribution in [0.25, 0.3) is 10.8 Å². The van der Waals surface area contributed by atoms with Gasteiger partial charge in [-0.1, -0.05) is 46.3 Å². The Labute approximate surface area is 225 Å². The molecule has 0 saturated heterocycles. The van der Waals surface area contributed by atoms with E-state index in [2.05, 4.69) is 81.2 Å². The van der Waals surface area contributed by atoms with Crippen LogP contribution in [0.5, 0.6) is 23.0 Å². The fourth-order valence-electron chi connectivity index (χ4n) is 4.95. The summed E-state index contributed by atoms with van der Waals surface area (Å²) in [6.45, 7) is 3.99. The van der Waals surface area contributed by atoms with E-state index in [-0.39, 0.29) is 0 Å². The average molecular weight is 561 g/mol. The Hall–Kier alpha value is -3.26. The van der Waals surface area contributed by atoms with Gasteiger partial charge in [-0.15, -0.1) is 0 Å². The maximum absolute atomic E-state index is 5.51. The van der Waals surface area contributed by atoms with Crippen LogP contribution in [-0.4, -0.2) is 26.7 Å². The van der Waals surface area contributed by atoms with E-state index in [1.165, 1.54) is 33.0 Å². The molecule has 0 bridgehead atoms. The molecule has 2 aliphatic heterocycles. The monoisotopic (exact) mass is 560 g/mol. The van der Waals surface area contributed by atoms with Crippen molar-refractivity contribution in [3.63, 3.8) is 0 Å². The van der Waals surface area contributed by atoms with Crippen LogP contribution in [-0.2, 0) is 25.9 Å². The van der Waals surface area contributed by atoms with Gasteiger partial charge in [-0.05, 0) is 95.4 Å². The van der Waals surface area contributed by atoms with E-state index in [1.807, 2.05) is 12.1 Å². The molecule has 6 rings (SSSR count). The van der Waals surface area contributed by atoms with E-state index in [1.54, 1.807) is 0 Å². The van der Waals surface area contributed by atoms with Gasteiger partial charge in [-0.3, -0.25) is 0 Å². The number of halogens is 1. The number of benzene rings is 4. The molecule has 0 radical (unpaired) electrons. The molecule has 0 amide bonds. The molecule has 0 saturated carbocycles. The van der Waals surface area contributed by atoms with Crippen molar-refractivity contribution in [3.05, 3.63) is 93.5 Å². The minimum Gasteiger partial charge on any atom is -0.454 e. The third-order valence-electron chi connectivity index (χ3n) is 6.80. The topological polar surface area (TPSA) is 61.0 Å². The standard InChI is InChI=1S/C30H29BrN2O4/c31-25-14-22-2-1-3-23(16-32-10-8-20-4-6-26-28(12-20)36-18-34-26)30(22)24(15-25)17-33-11-9-21-5-7-27-29(13-21)37-19-35-27/h1-7,12-15,32-33H,8-11,16-19H2. The predicted molar refractivity (Wildman–Crippen MR) is 148 cm³/mol. The van der Waals surface area contributed by atoms with Crippen LogP contribution in [0.2, 0.25) is 0 Å². The molecule has 0 aromatic heterocycles. The van der Waals surface area contributed by atoms with Gasteiger partial charge in [0, 0.05) is 17.6 Å². The van der Waals surface area contributed by atoms with Crippen LogP contribution in [0.15, 0.2) is 71.2 Å². The number of ether oxygens (including phenoxy) is 4. The van der Waals surface area contributed by atoms with E-state index in [4.69, 9.17) is 18.9 Å². The number of hydrogen-bond donors (Lipinski definition) is 2. The van der Waals surface area contributed by atoms with Crippen molar-refractivity contribution in [1.82, 2.24) is 10.6 Å². The Morgan fingerprint density at radius 3 is 1.86 bits per heavy atom. The number of nitrogens with one attached hydrogen (secondary N) is 2. The van der Waals surface area contributed by atoms with Gasteiger partial charge in [0.2, 0.25) is 13.6 Å². The lowest BCUT2D eigenvalue weighted by Crippen LogP contribution is -2.19. The first-order valence-electron chi connectivity index (χ1n) is 12.6. The molecule has 0 aliphatic carbocycles. The second kappa shape index (κ2) is 11.0. The molecule has 0 fully saturated rings. The van der Waals surface area contributed by atoms with Crippen molar-refractivity contribution in [2.75, 3.05) is 26.7 Å². The number of hydrogen-bond acceptors (Lipinski definition) is 6. The third-order valence-corrected chi connectivity index (χ3v) is 7.25. The minimum absolute atomic E-state index is 0.308. The van der Waals surface area contributed by atoms with Gasteiger partial charge in [-0.25, -0.2) is 0 Å². The highest BCUT2D eigenvalue weighted by atomic mass is 79.9. The lowest BCUT2D eigenvalue weighted by molar-refractivity contribution is 0.173. The normalized spacial score (nSPS) is 13.4. The average Bonchev–Trinajstić information content (AvgIpc) is 3.57. The van der Waals surface area contributed by atoms with Gasteiger partial charge < -0.3 is 29.6 Å². The molecule has 190 valence electrons. The van der Waals surface area contributed by atoms with Crippen molar-refractivity contribution < 1.29 is 18.9 Å². The van der Waals surface area contributed by atoms with E-state index in [0.29, 0.717) is 13.6 Å². The molecular weight excluding hydrogens is 532 g/mol. The zero-order valence-corrected chi connectivity index (χ0v) is 22.1. The second-order valence-corrected chi connectivity index (χ2v) is 10.2. The van der Waals surface area contributed by atoms with Crippen molar-refractivity contribution >= 4 is 26.7 Å². The number of rotatable bonds is 10. The maximum Gasteiger partial charge on any atom is 0.231 e. The molecule has 37 heavy (non-hydrogen) atoms. The predicted octanol–water partition coefficient (Wildman–Crippen LogP) is 5.72. The molecule has 4 aromatic carbocycles. The molecule has 2 N–H and O–H groups in total. The summed E-state index contributed by atoms with van der Waals surface area (Å²) in [4.78, 5) is 0. The maximum atomic E-state index is 5.51. The first-order valence-corrected chi connectivity index (χ1v) is 13.4. The minimum atomic E-state index is 0.308. The molecule has 7 heteroatoms. The largest absolute Gasteiger partial charge is 0.454 e. The Morgan fingerprint density at radius 2 is 1.22 bits per heavy atom. The first-order chi connectivity index (χ1) is 18.2. The Morgan fingerprint density at radius 1 is 0.622 bits per heavy atom. The van der Waals surface area contributed by atoms with Crippen LogP contribution in [0.3, 0.4) is 0 Å². The van der Waals surface area contributed by atoms with E-state index < -0.39 is 0 Å². The van der Waals surface area contributed by atoms with Crippen LogP contribution >= 0.6 is 15.9 Å². The number of fused-ring (bicyclic) bond motifs is 3. The Bertz CT molecular complexity index is 1420. The fourth-order valence-corrected chi connectivity index (χ4v) is 5.47. The SMILES string of the molecule is Brc1cc(CNCCc2ccc3c(c2)OCO3)c2c(CNCCc3ccc4c(c3)OCO4)cccc2c1. The molecule has 0 unspecified atom stereocenters. The summed E-state index contributed by atoms with van der Waals surface area (Å²) in [5.74, 6) is 3.34. The highest BCUT2D eigenvalue weighted by molar-refractivity contribution is 9.10. The summed E-state index contributed by atoms with van der Waals surface area (Å²) in [7, 11) is 0. The van der Waals surface area contributed by atoms with E-state index >= 15 is 0 Å². The molecule has 0 atom stereocenters. The van der Waals surface area contributed by atoms with E-state index in [9.17, 15) is 0 Å². The highest BCUT2D eigenvalue weighted by Crippen LogP contribution is 2.33. The Kier molecular flexibility index (Phi) is 7.17. The fraction of sp³-hybridized carbons (Fsp3) is 0.267. The molecule has 0 spiro atoms. The van der Waals surface area contributed by atoms with Gasteiger partial charge in [0.15, 0.2) is 23.0 Å². The van der Waals surface area contributed by atoms with Gasteiger partial charge in [0.05, 0.1) is 0 Å². The summed E-state index contributed by atoms with van der Waals surface area (Å²) in [6.07, 6.45) is 1.86. The lowest BCUT2D eigenvalue weighted by atomic mass is 9.98. The summed E-state index contributed by atoms with van der Waals surface area (Å²) in [5.41, 5.74) is 5.08. The van der Waals surface area contributed by atoms with Gasteiger partial charge in [0.25, 0.3) is 0 Å². The molecule has 2 aliphatic rings. The zero-order chi connectivity index (χ0) is 25.0. The summed E-state index contributed by atoms with van der Waals surface area (Å²) < 4.78 is 22.9. The van der Waals surface area contributed by atoms with Crippen molar-refractivity contribution in [2.45, 2.75) is 25.9 Å². The van der Waals surface area contributed by atoms with Crippen LogP contribution < -0.4 is 29.6 Å². The molecule has 4 aromatic rings. The smallest absolute Gasteiger partial charge is 0.231 e. The van der Waals surface area contributed by atoms with Gasteiger partial charge >= 0.3 is 0 Å². The van der Waals surface area contributed by atoms with Crippen molar-refractivity contribution in [3.8, 4) is 23.0 Å². The van der Waals surface area contributed by atoms with Gasteiger partial charge in [0.1, 0.15) is 0 Å². The van der Waals surface area contributed by atoms with Crippen LogP contribution in [0.4, 0.5) is 0 Å². The van der Waals surface area contributed by atoms with Crippen LogP contribution in [0.1, 0.15) is 22.3 Å².